The molecule has 0 aliphatic heterocycles. The molecule has 0 aliphatic carbocycles. The predicted octanol–water partition coefficient (Wildman–Crippen LogP) is 2.14. The van der Waals surface area contributed by atoms with Crippen LogP contribution in [0.25, 0.3) is 0 Å². The smallest absolute Gasteiger partial charge is 0.332 e. The highest BCUT2D eigenvalue weighted by molar-refractivity contribution is 6.32. The summed E-state index contributed by atoms with van der Waals surface area (Å²) < 4.78 is 10.9. The van der Waals surface area contributed by atoms with Gasteiger partial charge in [0.2, 0.25) is 0 Å². The third kappa shape index (κ3) is 4.67. The average Bonchev–Trinajstić information content (AvgIpc) is 2.33. The van der Waals surface area contributed by atoms with Crippen molar-refractivity contribution >= 4 is 23.8 Å². The van der Waals surface area contributed by atoms with Gasteiger partial charge in [-0.05, 0) is 31.5 Å². The first-order chi connectivity index (χ1) is 9.08. The molecule has 1 aromatic rings. The monoisotopic (exact) mass is 285 g/mol. The maximum Gasteiger partial charge on any atom is 0.332 e. The first kappa shape index (κ1) is 15.1. The highest BCUT2D eigenvalue weighted by Crippen LogP contribution is 2.36. The summed E-state index contributed by atoms with van der Waals surface area (Å²) >= 11 is 6.11. The molecule has 0 spiro atoms. The minimum absolute atomic E-state index is 0.410. The van der Waals surface area contributed by atoms with Gasteiger partial charge < -0.3 is 15.2 Å². The van der Waals surface area contributed by atoms with E-state index in [1.807, 2.05) is 13.8 Å². The number of primary amides is 1. The van der Waals surface area contributed by atoms with Gasteiger partial charge in [-0.25, -0.2) is 10.2 Å². The van der Waals surface area contributed by atoms with Crippen molar-refractivity contribution in [1.82, 2.24) is 5.43 Å². The summed E-state index contributed by atoms with van der Waals surface area (Å²) in [6.45, 7) is 4.68. The number of halogens is 1. The van der Waals surface area contributed by atoms with Crippen molar-refractivity contribution in [3.63, 3.8) is 0 Å². The van der Waals surface area contributed by atoms with E-state index >= 15 is 0 Å². The number of urea groups is 1. The number of benzene rings is 1. The molecule has 3 N–H and O–H groups in total. The molecule has 19 heavy (non-hydrogen) atoms. The number of hydrogen-bond donors (Lipinski definition) is 2. The van der Waals surface area contributed by atoms with E-state index in [1.165, 1.54) is 6.21 Å². The maximum absolute atomic E-state index is 10.5. The SMILES string of the molecule is CCOc1cc(/C=N/NC(N)=O)cc(Cl)c1OCC. The molecular formula is C12H16ClN3O3. The van der Waals surface area contributed by atoms with Crippen molar-refractivity contribution in [3.05, 3.63) is 22.7 Å². The summed E-state index contributed by atoms with van der Waals surface area (Å²) in [4.78, 5) is 10.5. The lowest BCUT2D eigenvalue weighted by Crippen LogP contribution is -2.24. The molecule has 1 aromatic carbocycles. The molecule has 104 valence electrons. The molecule has 2 amide bonds. The first-order valence-corrected chi connectivity index (χ1v) is 6.13. The van der Waals surface area contributed by atoms with Gasteiger partial charge in [0.05, 0.1) is 24.5 Å². The lowest BCUT2D eigenvalue weighted by atomic mass is 10.2. The Morgan fingerprint density at radius 1 is 1.42 bits per heavy atom. The number of rotatable bonds is 6. The van der Waals surface area contributed by atoms with E-state index < -0.39 is 6.03 Å². The average molecular weight is 286 g/mol. The van der Waals surface area contributed by atoms with Crippen LogP contribution in [-0.2, 0) is 0 Å². The highest BCUT2D eigenvalue weighted by Gasteiger charge is 2.11. The number of carbonyl (C=O) groups excluding carboxylic acids is 1. The third-order valence-corrected chi connectivity index (χ3v) is 2.29. The lowest BCUT2D eigenvalue weighted by molar-refractivity contribution is 0.249. The zero-order valence-electron chi connectivity index (χ0n) is 10.8. The molecule has 0 fully saturated rings. The molecule has 6 nitrogen and oxygen atoms in total. The number of hydrazone groups is 1. The van der Waals surface area contributed by atoms with Crippen molar-refractivity contribution in [1.29, 1.82) is 0 Å². The van der Waals surface area contributed by atoms with Gasteiger partial charge in [0.1, 0.15) is 0 Å². The molecule has 0 aliphatic rings. The third-order valence-electron chi connectivity index (χ3n) is 2.01. The van der Waals surface area contributed by atoms with E-state index in [1.54, 1.807) is 12.1 Å². The van der Waals surface area contributed by atoms with Crippen LogP contribution in [0.15, 0.2) is 17.2 Å². The second kappa shape index (κ2) is 7.48. The van der Waals surface area contributed by atoms with Gasteiger partial charge >= 0.3 is 6.03 Å². The van der Waals surface area contributed by atoms with Crippen molar-refractivity contribution in [2.24, 2.45) is 10.8 Å². The molecule has 0 radical (unpaired) electrons. The Bertz CT molecular complexity index is 478. The summed E-state index contributed by atoms with van der Waals surface area (Å²) in [7, 11) is 0. The Morgan fingerprint density at radius 2 is 2.11 bits per heavy atom. The molecule has 0 saturated carbocycles. The minimum Gasteiger partial charge on any atom is -0.490 e. The van der Waals surface area contributed by atoms with E-state index in [9.17, 15) is 4.79 Å². The van der Waals surface area contributed by atoms with Crippen molar-refractivity contribution in [3.8, 4) is 11.5 Å². The topological polar surface area (TPSA) is 85.9 Å². The standard InChI is InChI=1S/C12H16ClN3O3/c1-3-18-10-6-8(7-15-16-12(14)17)5-9(13)11(10)19-4-2/h5-7H,3-4H2,1-2H3,(H3,14,16,17)/b15-7+. The Morgan fingerprint density at radius 3 is 2.68 bits per heavy atom. The lowest BCUT2D eigenvalue weighted by Gasteiger charge is -2.13. The van der Waals surface area contributed by atoms with Crippen LogP contribution < -0.4 is 20.6 Å². The second-order valence-electron chi connectivity index (χ2n) is 3.43. The van der Waals surface area contributed by atoms with Crippen LogP contribution in [0.3, 0.4) is 0 Å². The summed E-state index contributed by atoms with van der Waals surface area (Å²) in [6.07, 6.45) is 1.41. The number of nitrogens with zero attached hydrogens (tertiary/aromatic N) is 1. The van der Waals surface area contributed by atoms with E-state index in [0.717, 1.165) is 0 Å². The van der Waals surface area contributed by atoms with E-state index in [0.29, 0.717) is 35.3 Å². The molecular weight excluding hydrogens is 270 g/mol. The van der Waals surface area contributed by atoms with Gasteiger partial charge in [0, 0.05) is 0 Å². The van der Waals surface area contributed by atoms with Crippen molar-refractivity contribution in [2.75, 3.05) is 13.2 Å². The maximum atomic E-state index is 10.5. The Hall–Kier alpha value is -1.95. The van der Waals surface area contributed by atoms with Gasteiger partial charge in [0.25, 0.3) is 0 Å². The summed E-state index contributed by atoms with van der Waals surface area (Å²) in [6, 6.07) is 2.63. The fourth-order valence-electron chi connectivity index (χ4n) is 1.38. The minimum atomic E-state index is -0.738. The van der Waals surface area contributed by atoms with E-state index in [2.05, 4.69) is 10.5 Å². The molecule has 0 saturated heterocycles. The van der Waals surface area contributed by atoms with Gasteiger partial charge in [-0.3, -0.25) is 0 Å². The molecule has 0 heterocycles. The summed E-state index contributed by atoms with van der Waals surface area (Å²) in [5.74, 6) is 1.02. The number of hydrogen-bond acceptors (Lipinski definition) is 4. The van der Waals surface area contributed by atoms with Gasteiger partial charge in [-0.15, -0.1) is 0 Å². The highest BCUT2D eigenvalue weighted by atomic mass is 35.5. The summed E-state index contributed by atoms with van der Waals surface area (Å²) in [5, 5.41) is 4.07. The molecule has 0 atom stereocenters. The fraction of sp³-hybridized carbons (Fsp3) is 0.333. The van der Waals surface area contributed by atoms with Crippen LogP contribution >= 0.6 is 11.6 Å². The Labute approximate surface area is 116 Å². The number of ether oxygens (including phenoxy) is 2. The van der Waals surface area contributed by atoms with Crippen LogP contribution in [0.5, 0.6) is 11.5 Å². The van der Waals surface area contributed by atoms with Crippen molar-refractivity contribution < 1.29 is 14.3 Å². The van der Waals surface area contributed by atoms with E-state index in [4.69, 9.17) is 26.8 Å². The van der Waals surface area contributed by atoms with Gasteiger partial charge in [-0.2, -0.15) is 5.10 Å². The number of nitrogens with one attached hydrogen (secondary N) is 1. The number of amides is 2. The van der Waals surface area contributed by atoms with Gasteiger partial charge in [-0.1, -0.05) is 11.6 Å². The van der Waals surface area contributed by atoms with Crippen LogP contribution in [-0.4, -0.2) is 25.5 Å². The van der Waals surface area contributed by atoms with Crippen LogP contribution in [0.1, 0.15) is 19.4 Å². The fourth-order valence-corrected chi connectivity index (χ4v) is 1.65. The Kier molecular flexibility index (Phi) is 5.95. The Balaban J connectivity index is 3.01. The quantitative estimate of drug-likeness (QED) is 0.620. The predicted molar refractivity (Wildman–Crippen MR) is 74.1 cm³/mol. The largest absolute Gasteiger partial charge is 0.490 e. The molecule has 0 unspecified atom stereocenters. The molecule has 0 aromatic heterocycles. The second-order valence-corrected chi connectivity index (χ2v) is 3.84. The first-order valence-electron chi connectivity index (χ1n) is 5.76. The van der Waals surface area contributed by atoms with Crippen LogP contribution in [0.4, 0.5) is 4.79 Å². The zero-order valence-corrected chi connectivity index (χ0v) is 11.5. The zero-order chi connectivity index (χ0) is 14.3. The van der Waals surface area contributed by atoms with Crippen LogP contribution in [0, 0.1) is 0 Å². The normalized spacial score (nSPS) is 10.5. The molecule has 1 rings (SSSR count). The molecule has 7 heteroatoms. The van der Waals surface area contributed by atoms with Gasteiger partial charge in [0.15, 0.2) is 11.5 Å². The van der Waals surface area contributed by atoms with Crippen molar-refractivity contribution in [2.45, 2.75) is 13.8 Å². The summed E-state index contributed by atoms with van der Waals surface area (Å²) in [5.41, 5.74) is 7.65. The van der Waals surface area contributed by atoms with Crippen LogP contribution in [0.2, 0.25) is 5.02 Å². The molecule has 0 bridgehead atoms. The number of nitrogens with two attached hydrogens (primary N) is 1. The van der Waals surface area contributed by atoms with E-state index in [-0.39, 0.29) is 0 Å². The number of carbonyl (C=O) groups is 1.